The highest BCUT2D eigenvalue weighted by Gasteiger charge is 2.13. The molecule has 4 nitrogen and oxygen atoms in total. The molecule has 0 fully saturated rings. The minimum atomic E-state index is 0.158. The van der Waals surface area contributed by atoms with E-state index in [2.05, 4.69) is 46.6 Å². The number of nitrogens with zero attached hydrogens (tertiary/aromatic N) is 2. The van der Waals surface area contributed by atoms with Gasteiger partial charge in [-0.15, -0.1) is 0 Å². The van der Waals surface area contributed by atoms with Gasteiger partial charge in [-0.25, -0.2) is 0 Å². The first-order chi connectivity index (χ1) is 8.06. The van der Waals surface area contributed by atoms with Crippen LogP contribution in [0.25, 0.3) is 11.5 Å². The molecule has 0 saturated heterocycles. The summed E-state index contributed by atoms with van der Waals surface area (Å²) in [5.74, 6) is 1.68. The van der Waals surface area contributed by atoms with Gasteiger partial charge >= 0.3 is 0 Å². The van der Waals surface area contributed by atoms with Gasteiger partial charge in [0.15, 0.2) is 5.82 Å². The Morgan fingerprint density at radius 1 is 1.41 bits per heavy atom. The van der Waals surface area contributed by atoms with Crippen LogP contribution in [0.4, 0.5) is 0 Å². The number of aromatic hydroxyl groups is 1. The van der Waals surface area contributed by atoms with Gasteiger partial charge in [0, 0.05) is 9.99 Å². The zero-order chi connectivity index (χ0) is 12.4. The normalized spacial score (nSPS) is 11.1. The fraction of sp³-hybridized carbons (Fsp3) is 0.333. The number of hydrogen-bond donors (Lipinski definition) is 1. The van der Waals surface area contributed by atoms with Crippen LogP contribution in [0.2, 0.25) is 0 Å². The first-order valence-electron chi connectivity index (χ1n) is 5.37. The third kappa shape index (κ3) is 2.96. The molecular formula is C12H13IN2O2. The van der Waals surface area contributed by atoms with Crippen molar-refractivity contribution in [1.82, 2.24) is 10.1 Å². The van der Waals surface area contributed by atoms with Gasteiger partial charge in [-0.1, -0.05) is 19.0 Å². The van der Waals surface area contributed by atoms with Gasteiger partial charge in [0.1, 0.15) is 5.75 Å². The first kappa shape index (κ1) is 12.3. The minimum absolute atomic E-state index is 0.158. The van der Waals surface area contributed by atoms with Gasteiger partial charge in [-0.05, 0) is 46.7 Å². The highest BCUT2D eigenvalue weighted by Crippen LogP contribution is 2.29. The number of phenols is 1. The van der Waals surface area contributed by atoms with Crippen LogP contribution in [0.1, 0.15) is 19.7 Å². The summed E-state index contributed by atoms with van der Waals surface area (Å²) in [6.45, 7) is 4.19. The number of halogens is 1. The third-order valence-corrected chi connectivity index (χ3v) is 2.92. The van der Waals surface area contributed by atoms with Gasteiger partial charge < -0.3 is 9.63 Å². The lowest BCUT2D eigenvalue weighted by molar-refractivity contribution is 0.413. The topological polar surface area (TPSA) is 59.2 Å². The van der Waals surface area contributed by atoms with E-state index in [1.165, 1.54) is 0 Å². The predicted octanol–water partition coefficient (Wildman–Crippen LogP) is 3.25. The molecule has 0 spiro atoms. The second-order valence-electron chi connectivity index (χ2n) is 4.28. The molecule has 1 aromatic heterocycles. The highest BCUT2D eigenvalue weighted by molar-refractivity contribution is 14.1. The van der Waals surface area contributed by atoms with E-state index in [0.717, 1.165) is 9.99 Å². The summed E-state index contributed by atoms with van der Waals surface area (Å²) in [5.41, 5.74) is 0.583. The molecule has 0 bridgehead atoms. The molecule has 0 unspecified atom stereocenters. The summed E-state index contributed by atoms with van der Waals surface area (Å²) >= 11 is 2.17. The molecule has 1 heterocycles. The van der Waals surface area contributed by atoms with Crippen LogP contribution in [0, 0.1) is 9.49 Å². The SMILES string of the molecule is CC(C)Cc1noc(-c2cc(I)ccc2O)n1. The average Bonchev–Trinajstić information content (AvgIpc) is 2.69. The molecule has 90 valence electrons. The van der Waals surface area contributed by atoms with Crippen molar-refractivity contribution in [3.63, 3.8) is 0 Å². The maximum atomic E-state index is 9.75. The van der Waals surface area contributed by atoms with Crippen LogP contribution in [0.5, 0.6) is 5.75 Å². The van der Waals surface area contributed by atoms with Crippen LogP contribution in [0.3, 0.4) is 0 Å². The maximum absolute atomic E-state index is 9.75. The van der Waals surface area contributed by atoms with E-state index in [0.29, 0.717) is 23.2 Å². The summed E-state index contributed by atoms with van der Waals surface area (Å²) in [7, 11) is 0. The molecule has 1 N–H and O–H groups in total. The quantitative estimate of drug-likeness (QED) is 0.869. The van der Waals surface area contributed by atoms with Crippen molar-refractivity contribution in [2.24, 2.45) is 5.92 Å². The summed E-state index contributed by atoms with van der Waals surface area (Å²) in [5, 5.41) is 13.7. The lowest BCUT2D eigenvalue weighted by atomic mass is 10.1. The van der Waals surface area contributed by atoms with Crippen molar-refractivity contribution < 1.29 is 9.63 Å². The monoisotopic (exact) mass is 344 g/mol. The summed E-state index contributed by atoms with van der Waals surface area (Å²) < 4.78 is 6.18. The lowest BCUT2D eigenvalue weighted by Gasteiger charge is -1.99. The molecule has 0 atom stereocenters. The van der Waals surface area contributed by atoms with Crippen molar-refractivity contribution in [2.75, 3.05) is 0 Å². The average molecular weight is 344 g/mol. The largest absolute Gasteiger partial charge is 0.507 e. The van der Waals surface area contributed by atoms with E-state index in [1.54, 1.807) is 6.07 Å². The van der Waals surface area contributed by atoms with Gasteiger partial charge in [0.05, 0.1) is 5.56 Å². The van der Waals surface area contributed by atoms with Gasteiger partial charge in [-0.2, -0.15) is 4.98 Å². The Morgan fingerprint density at radius 2 is 2.18 bits per heavy atom. The van der Waals surface area contributed by atoms with E-state index in [1.807, 2.05) is 12.1 Å². The second-order valence-corrected chi connectivity index (χ2v) is 5.52. The molecule has 1 aromatic carbocycles. The molecule has 0 amide bonds. The fourth-order valence-corrected chi connectivity index (χ4v) is 1.98. The van der Waals surface area contributed by atoms with Crippen LogP contribution in [-0.4, -0.2) is 15.2 Å². The van der Waals surface area contributed by atoms with Gasteiger partial charge in [0.25, 0.3) is 5.89 Å². The number of aromatic nitrogens is 2. The van der Waals surface area contributed by atoms with Crippen LogP contribution in [-0.2, 0) is 6.42 Å². The molecule has 0 radical (unpaired) electrons. The molecule has 17 heavy (non-hydrogen) atoms. The van der Waals surface area contributed by atoms with Crippen LogP contribution < -0.4 is 0 Å². The van der Waals surface area contributed by atoms with Crippen molar-refractivity contribution in [3.05, 3.63) is 27.6 Å². The first-order valence-corrected chi connectivity index (χ1v) is 6.45. The molecule has 0 saturated carbocycles. The number of benzene rings is 1. The van der Waals surface area contributed by atoms with Crippen LogP contribution >= 0.6 is 22.6 Å². The molecular weight excluding hydrogens is 331 g/mol. The molecule has 2 rings (SSSR count). The van der Waals surface area contributed by atoms with Gasteiger partial charge in [-0.3, -0.25) is 0 Å². The zero-order valence-electron chi connectivity index (χ0n) is 9.64. The van der Waals surface area contributed by atoms with E-state index in [4.69, 9.17) is 4.52 Å². The minimum Gasteiger partial charge on any atom is -0.507 e. The maximum Gasteiger partial charge on any atom is 0.261 e. The fourth-order valence-electron chi connectivity index (χ4n) is 1.49. The smallest absolute Gasteiger partial charge is 0.261 e. The molecule has 2 aromatic rings. The van der Waals surface area contributed by atoms with E-state index in [9.17, 15) is 5.11 Å². The Labute approximate surface area is 113 Å². The zero-order valence-corrected chi connectivity index (χ0v) is 11.8. The molecule has 0 aliphatic rings. The number of phenolic OH excluding ortho intramolecular Hbond substituents is 1. The van der Waals surface area contributed by atoms with Crippen molar-refractivity contribution in [2.45, 2.75) is 20.3 Å². The van der Waals surface area contributed by atoms with E-state index >= 15 is 0 Å². The Hall–Kier alpha value is -1.11. The van der Waals surface area contributed by atoms with Crippen LogP contribution in [0.15, 0.2) is 22.7 Å². The van der Waals surface area contributed by atoms with Crippen molar-refractivity contribution >= 4 is 22.6 Å². The highest BCUT2D eigenvalue weighted by atomic mass is 127. The molecule has 5 heteroatoms. The molecule has 0 aliphatic carbocycles. The Balaban J connectivity index is 2.33. The standard InChI is InChI=1S/C12H13IN2O2/c1-7(2)5-11-14-12(17-15-11)9-6-8(13)3-4-10(9)16/h3-4,6-7,16H,5H2,1-2H3. The summed E-state index contributed by atoms with van der Waals surface area (Å²) in [6, 6.07) is 5.27. The third-order valence-electron chi connectivity index (χ3n) is 2.25. The summed E-state index contributed by atoms with van der Waals surface area (Å²) in [6.07, 6.45) is 0.772. The van der Waals surface area contributed by atoms with Gasteiger partial charge in [0.2, 0.25) is 0 Å². The van der Waals surface area contributed by atoms with E-state index in [-0.39, 0.29) is 5.75 Å². The lowest BCUT2D eigenvalue weighted by Crippen LogP contribution is -1.95. The molecule has 0 aliphatic heterocycles. The second kappa shape index (κ2) is 5.03. The summed E-state index contributed by atoms with van der Waals surface area (Å²) in [4.78, 5) is 4.28. The van der Waals surface area contributed by atoms with E-state index < -0.39 is 0 Å². The Bertz CT molecular complexity index is 523. The Morgan fingerprint density at radius 3 is 2.88 bits per heavy atom. The van der Waals surface area contributed by atoms with Crippen molar-refractivity contribution in [1.29, 1.82) is 0 Å². The number of rotatable bonds is 3. The van der Waals surface area contributed by atoms with Crippen molar-refractivity contribution in [3.8, 4) is 17.2 Å². The number of hydrogen-bond acceptors (Lipinski definition) is 4. The Kier molecular flexibility index (Phi) is 3.66. The predicted molar refractivity (Wildman–Crippen MR) is 72.7 cm³/mol.